The highest BCUT2D eigenvalue weighted by molar-refractivity contribution is 7.88. The fraction of sp³-hybridized carbons (Fsp3) is 0.474. The third-order valence-corrected chi connectivity index (χ3v) is 7.05. The fourth-order valence-electron chi connectivity index (χ4n) is 3.64. The van der Waals surface area contributed by atoms with Crippen LogP contribution in [0.15, 0.2) is 30.3 Å². The molecule has 4 rings (SSSR count). The number of hydrogen-bond acceptors (Lipinski definition) is 7. The molecule has 162 valence electrons. The van der Waals surface area contributed by atoms with E-state index in [0.29, 0.717) is 32.1 Å². The minimum atomic E-state index is -3.68. The molecule has 2 saturated heterocycles. The molecule has 0 unspecified atom stereocenters. The quantitative estimate of drug-likeness (QED) is 0.694. The van der Waals surface area contributed by atoms with E-state index in [1.54, 1.807) is 0 Å². The lowest BCUT2D eigenvalue weighted by molar-refractivity contribution is 0.122. The van der Waals surface area contributed by atoms with Crippen molar-refractivity contribution >= 4 is 21.7 Å². The van der Waals surface area contributed by atoms with E-state index < -0.39 is 27.4 Å². The summed E-state index contributed by atoms with van der Waals surface area (Å²) in [6.45, 7) is 4.36. The van der Waals surface area contributed by atoms with E-state index in [1.165, 1.54) is 4.31 Å². The Kier molecular flexibility index (Phi) is 6.11. The van der Waals surface area contributed by atoms with Gasteiger partial charge in [-0.1, -0.05) is 0 Å². The Balaban J connectivity index is 1.36. The first-order valence-corrected chi connectivity index (χ1v) is 11.4. The monoisotopic (exact) mass is 439 g/mol. The predicted octanol–water partition coefficient (Wildman–Crippen LogP) is 1.24. The molecule has 0 amide bonds. The average molecular weight is 439 g/mol. The normalized spacial score (nSPS) is 18.6. The van der Waals surface area contributed by atoms with E-state index >= 15 is 0 Å². The molecule has 1 aromatic carbocycles. The predicted molar refractivity (Wildman–Crippen MR) is 108 cm³/mol. The summed E-state index contributed by atoms with van der Waals surface area (Å²) in [5.74, 6) is -0.523. The van der Waals surface area contributed by atoms with Gasteiger partial charge in [-0.3, -0.25) is 0 Å². The Morgan fingerprint density at radius 3 is 1.90 bits per heavy atom. The largest absolute Gasteiger partial charge is 0.378 e. The maximum absolute atomic E-state index is 13.4. The zero-order valence-corrected chi connectivity index (χ0v) is 17.2. The number of nitrogens with zero attached hydrogens (tertiary/aromatic N) is 5. The Hall–Kier alpha value is -2.37. The molecule has 3 heterocycles. The summed E-state index contributed by atoms with van der Waals surface area (Å²) in [5, 5.41) is 8.59. The van der Waals surface area contributed by atoms with E-state index in [0.717, 1.165) is 37.1 Å². The fourth-order valence-corrected chi connectivity index (χ4v) is 5.13. The molecule has 0 N–H and O–H groups in total. The van der Waals surface area contributed by atoms with Crippen LogP contribution in [0.25, 0.3) is 0 Å². The van der Waals surface area contributed by atoms with Crippen LogP contribution in [0.5, 0.6) is 0 Å². The molecule has 2 aromatic rings. The highest BCUT2D eigenvalue weighted by Crippen LogP contribution is 2.20. The van der Waals surface area contributed by atoms with Gasteiger partial charge in [0.1, 0.15) is 11.6 Å². The molecule has 0 saturated carbocycles. The van der Waals surface area contributed by atoms with Gasteiger partial charge in [-0.15, -0.1) is 10.2 Å². The Labute approximate surface area is 174 Å². The summed E-state index contributed by atoms with van der Waals surface area (Å²) < 4.78 is 58.7. The van der Waals surface area contributed by atoms with Crippen LogP contribution in [-0.2, 0) is 20.5 Å². The number of aromatic nitrogens is 2. The van der Waals surface area contributed by atoms with Crippen molar-refractivity contribution in [3.05, 3.63) is 47.5 Å². The summed E-state index contributed by atoms with van der Waals surface area (Å²) >= 11 is 0. The van der Waals surface area contributed by atoms with Gasteiger partial charge in [0, 0.05) is 45.3 Å². The first-order chi connectivity index (χ1) is 14.4. The molecule has 0 bridgehead atoms. The van der Waals surface area contributed by atoms with Crippen LogP contribution in [-0.4, -0.2) is 75.4 Å². The van der Waals surface area contributed by atoms with E-state index in [9.17, 15) is 17.2 Å². The van der Waals surface area contributed by atoms with Crippen LogP contribution in [0.4, 0.5) is 20.4 Å². The van der Waals surface area contributed by atoms with Gasteiger partial charge in [-0.25, -0.2) is 17.2 Å². The topological polar surface area (TPSA) is 78.9 Å². The molecule has 30 heavy (non-hydrogen) atoms. The summed E-state index contributed by atoms with van der Waals surface area (Å²) in [6.07, 6.45) is 0. The molecule has 1 aromatic heterocycles. The van der Waals surface area contributed by atoms with E-state index in [1.807, 2.05) is 17.0 Å². The van der Waals surface area contributed by atoms with Gasteiger partial charge in [-0.2, -0.15) is 4.31 Å². The second kappa shape index (κ2) is 8.78. The van der Waals surface area contributed by atoms with Gasteiger partial charge in [0.2, 0.25) is 10.0 Å². The Bertz CT molecular complexity index is 956. The number of anilines is 2. The lowest BCUT2D eigenvalue weighted by atomic mass is 10.2. The SMILES string of the molecule is O=S(=O)(Cc1cc(F)cc(F)c1)N1CCN(c2ccc(N3CCOCC3)nn2)CC1. The number of halogens is 2. The molecule has 2 aliphatic rings. The molecule has 11 heteroatoms. The number of ether oxygens (including phenoxy) is 1. The molecular formula is C19H23F2N5O3S. The lowest BCUT2D eigenvalue weighted by Crippen LogP contribution is -2.49. The van der Waals surface area contributed by atoms with Crippen molar-refractivity contribution < 1.29 is 21.9 Å². The van der Waals surface area contributed by atoms with Gasteiger partial charge in [-0.05, 0) is 29.8 Å². The van der Waals surface area contributed by atoms with Gasteiger partial charge >= 0.3 is 0 Å². The van der Waals surface area contributed by atoms with Crippen LogP contribution >= 0.6 is 0 Å². The van der Waals surface area contributed by atoms with Crippen LogP contribution in [0, 0.1) is 11.6 Å². The second-order valence-corrected chi connectivity index (χ2v) is 9.24. The van der Waals surface area contributed by atoms with Crippen molar-refractivity contribution in [3.63, 3.8) is 0 Å². The van der Waals surface area contributed by atoms with Crippen LogP contribution < -0.4 is 9.80 Å². The third-order valence-electron chi connectivity index (χ3n) is 5.20. The van der Waals surface area contributed by atoms with E-state index in [4.69, 9.17) is 4.74 Å². The van der Waals surface area contributed by atoms with Crippen molar-refractivity contribution in [1.82, 2.24) is 14.5 Å². The smallest absolute Gasteiger partial charge is 0.218 e. The van der Waals surface area contributed by atoms with Crippen molar-refractivity contribution in [1.29, 1.82) is 0 Å². The van der Waals surface area contributed by atoms with Crippen molar-refractivity contribution in [3.8, 4) is 0 Å². The van der Waals surface area contributed by atoms with Gasteiger partial charge in [0.05, 0.1) is 19.0 Å². The number of benzene rings is 1. The van der Waals surface area contributed by atoms with Crippen molar-refractivity contribution in [2.75, 3.05) is 62.3 Å². The standard InChI is InChI=1S/C19H23F2N5O3S/c20-16-11-15(12-17(21)13-16)14-30(27,28)26-5-3-24(4-6-26)18-1-2-19(23-22-18)25-7-9-29-10-8-25/h1-2,11-13H,3-10,14H2. The van der Waals surface area contributed by atoms with Crippen molar-refractivity contribution in [2.45, 2.75) is 5.75 Å². The van der Waals surface area contributed by atoms with Crippen LogP contribution in [0.3, 0.4) is 0 Å². The molecule has 2 fully saturated rings. The molecule has 0 aliphatic carbocycles. The number of rotatable bonds is 5. The zero-order valence-electron chi connectivity index (χ0n) is 16.4. The van der Waals surface area contributed by atoms with Gasteiger partial charge in [0.15, 0.2) is 11.6 Å². The average Bonchev–Trinajstić information content (AvgIpc) is 2.73. The van der Waals surface area contributed by atoms with Crippen LogP contribution in [0.2, 0.25) is 0 Å². The van der Waals surface area contributed by atoms with Gasteiger partial charge < -0.3 is 14.5 Å². The Morgan fingerprint density at radius 2 is 1.37 bits per heavy atom. The maximum Gasteiger partial charge on any atom is 0.218 e. The third kappa shape index (κ3) is 4.85. The van der Waals surface area contributed by atoms with Crippen molar-refractivity contribution in [2.24, 2.45) is 0 Å². The highest BCUT2D eigenvalue weighted by Gasteiger charge is 2.28. The molecule has 0 radical (unpaired) electrons. The number of sulfonamides is 1. The molecule has 0 atom stereocenters. The molecule has 0 spiro atoms. The zero-order chi connectivity index (χ0) is 21.1. The highest BCUT2D eigenvalue weighted by atomic mass is 32.2. The summed E-state index contributed by atoms with van der Waals surface area (Å²) in [4.78, 5) is 4.09. The summed E-state index contributed by atoms with van der Waals surface area (Å²) in [7, 11) is -3.68. The van der Waals surface area contributed by atoms with Gasteiger partial charge in [0.25, 0.3) is 0 Å². The van der Waals surface area contributed by atoms with Crippen LogP contribution in [0.1, 0.15) is 5.56 Å². The maximum atomic E-state index is 13.4. The summed E-state index contributed by atoms with van der Waals surface area (Å²) in [5.41, 5.74) is 0.0968. The number of morpholine rings is 1. The molecular weight excluding hydrogens is 416 g/mol. The summed E-state index contributed by atoms with van der Waals surface area (Å²) in [6, 6.07) is 6.61. The minimum absolute atomic E-state index is 0.0968. The number of hydrogen-bond donors (Lipinski definition) is 0. The Morgan fingerprint density at radius 1 is 0.833 bits per heavy atom. The van der Waals surface area contributed by atoms with E-state index in [-0.39, 0.29) is 18.7 Å². The first kappa shape index (κ1) is 20.9. The molecule has 8 nitrogen and oxygen atoms in total. The second-order valence-electron chi connectivity index (χ2n) is 7.27. The lowest BCUT2D eigenvalue weighted by Gasteiger charge is -2.34. The minimum Gasteiger partial charge on any atom is -0.378 e. The van der Waals surface area contributed by atoms with E-state index in [2.05, 4.69) is 15.1 Å². The number of piperazine rings is 1. The first-order valence-electron chi connectivity index (χ1n) is 9.75. The molecule has 2 aliphatic heterocycles.